The van der Waals surface area contributed by atoms with Crippen LogP contribution in [0.3, 0.4) is 0 Å². The molecule has 2 N–H and O–H groups in total. The molecule has 1 aliphatic heterocycles. The molecule has 2 heterocycles. The van der Waals surface area contributed by atoms with Crippen molar-refractivity contribution in [3.8, 4) is 5.75 Å². The van der Waals surface area contributed by atoms with E-state index in [-0.39, 0.29) is 36.4 Å². The summed E-state index contributed by atoms with van der Waals surface area (Å²) in [6.07, 6.45) is 1.59. The Morgan fingerprint density at radius 1 is 1.14 bits per heavy atom. The predicted octanol–water partition coefficient (Wildman–Crippen LogP) is 1.92. The molecule has 0 atom stereocenters. The highest BCUT2D eigenvalue weighted by Gasteiger charge is 2.21. The number of guanidine groups is 1. The van der Waals surface area contributed by atoms with E-state index < -0.39 is 0 Å². The first-order valence-corrected chi connectivity index (χ1v) is 9.34. The molecule has 8 nitrogen and oxygen atoms in total. The van der Waals surface area contributed by atoms with Gasteiger partial charge in [-0.2, -0.15) is 0 Å². The number of aliphatic imine (C=N–C) groups is 1. The van der Waals surface area contributed by atoms with E-state index in [0.29, 0.717) is 6.54 Å². The number of anilines is 1. The molecule has 0 spiro atoms. The smallest absolute Gasteiger partial charge is 0.239 e. The van der Waals surface area contributed by atoms with Gasteiger partial charge in [-0.3, -0.25) is 9.79 Å². The highest BCUT2D eigenvalue weighted by molar-refractivity contribution is 14.0. The number of methoxy groups -OCH3 is 1. The second-order valence-corrected chi connectivity index (χ2v) is 6.40. The third-order valence-electron chi connectivity index (χ3n) is 4.66. The maximum Gasteiger partial charge on any atom is 0.239 e. The van der Waals surface area contributed by atoms with Gasteiger partial charge in [-0.05, 0) is 24.3 Å². The van der Waals surface area contributed by atoms with Crippen molar-refractivity contribution in [2.24, 2.45) is 4.99 Å². The monoisotopic (exact) mass is 513 g/mol. The standard InChI is InChI=1S/C20H27N5O3.HI/c1-21-20(23-15-19(26)22-14-16-6-5-13-28-16)25-11-9-24(10-12-25)17-7-3-4-8-18(17)27-2;/h3-8,13H,9-12,14-15H2,1-2H3,(H,21,23)(H,22,26);1H. The van der Waals surface area contributed by atoms with Gasteiger partial charge in [0.15, 0.2) is 5.96 Å². The summed E-state index contributed by atoms with van der Waals surface area (Å²) in [5.74, 6) is 2.23. The van der Waals surface area contributed by atoms with Crippen molar-refractivity contribution in [1.82, 2.24) is 15.5 Å². The number of furan rings is 1. The highest BCUT2D eigenvalue weighted by atomic mass is 127. The maximum absolute atomic E-state index is 12.0. The van der Waals surface area contributed by atoms with Crippen LogP contribution in [0.5, 0.6) is 5.75 Å². The molecule has 1 amide bonds. The van der Waals surface area contributed by atoms with Gasteiger partial charge in [0.1, 0.15) is 11.5 Å². The Morgan fingerprint density at radius 2 is 1.90 bits per heavy atom. The van der Waals surface area contributed by atoms with Gasteiger partial charge in [0.05, 0.1) is 32.1 Å². The van der Waals surface area contributed by atoms with Crippen LogP contribution in [0.4, 0.5) is 5.69 Å². The second-order valence-electron chi connectivity index (χ2n) is 6.40. The van der Waals surface area contributed by atoms with Crippen LogP contribution >= 0.6 is 24.0 Å². The molecule has 0 bridgehead atoms. The van der Waals surface area contributed by atoms with E-state index in [4.69, 9.17) is 9.15 Å². The SMILES string of the molecule is CN=C(NCC(=O)NCc1ccco1)N1CCN(c2ccccc2OC)CC1.I. The van der Waals surface area contributed by atoms with Crippen molar-refractivity contribution in [2.75, 3.05) is 51.8 Å². The predicted molar refractivity (Wildman–Crippen MR) is 124 cm³/mol. The summed E-state index contributed by atoms with van der Waals surface area (Å²) < 4.78 is 10.7. The van der Waals surface area contributed by atoms with Crippen LogP contribution in [0.15, 0.2) is 52.1 Å². The zero-order valence-corrected chi connectivity index (χ0v) is 19.1. The third kappa shape index (κ3) is 6.28. The summed E-state index contributed by atoms with van der Waals surface area (Å²) in [5.41, 5.74) is 1.10. The number of hydrogen-bond acceptors (Lipinski definition) is 5. The molecule has 0 saturated carbocycles. The second kappa shape index (κ2) is 11.5. The minimum atomic E-state index is -0.106. The summed E-state index contributed by atoms with van der Waals surface area (Å²) in [6, 6.07) is 11.7. The molecule has 0 unspecified atom stereocenters. The average Bonchev–Trinajstić information content (AvgIpc) is 3.27. The summed E-state index contributed by atoms with van der Waals surface area (Å²) in [7, 11) is 3.42. The Labute approximate surface area is 188 Å². The molecule has 3 rings (SSSR count). The van der Waals surface area contributed by atoms with E-state index in [2.05, 4.69) is 31.5 Å². The number of benzene rings is 1. The van der Waals surface area contributed by atoms with Gasteiger partial charge in [0.25, 0.3) is 0 Å². The van der Waals surface area contributed by atoms with Crippen molar-refractivity contribution in [3.05, 3.63) is 48.4 Å². The number of piperazine rings is 1. The van der Waals surface area contributed by atoms with E-state index >= 15 is 0 Å². The van der Waals surface area contributed by atoms with E-state index in [1.165, 1.54) is 0 Å². The number of halogens is 1. The fourth-order valence-electron chi connectivity index (χ4n) is 3.20. The quantitative estimate of drug-likeness (QED) is 0.349. The van der Waals surface area contributed by atoms with Gasteiger partial charge in [-0.25, -0.2) is 0 Å². The van der Waals surface area contributed by atoms with Crippen LogP contribution in [0.2, 0.25) is 0 Å². The molecule has 9 heteroatoms. The van der Waals surface area contributed by atoms with E-state index in [0.717, 1.165) is 49.3 Å². The summed E-state index contributed by atoms with van der Waals surface area (Å²) in [6.45, 7) is 3.87. The largest absolute Gasteiger partial charge is 0.495 e. The number of ether oxygens (including phenoxy) is 1. The number of carbonyl (C=O) groups is 1. The lowest BCUT2D eigenvalue weighted by Crippen LogP contribution is -2.53. The van der Waals surface area contributed by atoms with E-state index in [1.807, 2.05) is 24.3 Å². The number of rotatable bonds is 6. The molecule has 0 radical (unpaired) electrons. The molecule has 2 aromatic rings. The van der Waals surface area contributed by atoms with Crippen LogP contribution in [-0.4, -0.2) is 63.6 Å². The molecule has 1 aromatic heterocycles. The van der Waals surface area contributed by atoms with Gasteiger partial charge in [-0.1, -0.05) is 12.1 Å². The highest BCUT2D eigenvalue weighted by Crippen LogP contribution is 2.28. The third-order valence-corrected chi connectivity index (χ3v) is 4.66. The Kier molecular flexibility index (Phi) is 9.10. The average molecular weight is 513 g/mol. The van der Waals surface area contributed by atoms with Crippen LogP contribution in [-0.2, 0) is 11.3 Å². The zero-order valence-electron chi connectivity index (χ0n) is 16.8. The first-order chi connectivity index (χ1) is 13.7. The fourth-order valence-corrected chi connectivity index (χ4v) is 3.20. The summed E-state index contributed by atoms with van der Waals surface area (Å²) in [5, 5.41) is 5.95. The molecule has 1 saturated heterocycles. The van der Waals surface area contributed by atoms with Gasteiger partial charge < -0.3 is 29.6 Å². The number of amides is 1. The lowest BCUT2D eigenvalue weighted by atomic mass is 10.2. The van der Waals surface area contributed by atoms with Crippen molar-refractivity contribution >= 4 is 41.5 Å². The summed E-state index contributed by atoms with van der Waals surface area (Å²) in [4.78, 5) is 20.8. The first kappa shape index (κ1) is 22.9. The van der Waals surface area contributed by atoms with Crippen LogP contribution in [0.1, 0.15) is 5.76 Å². The van der Waals surface area contributed by atoms with Gasteiger partial charge in [0, 0.05) is 33.2 Å². The molecule has 0 aliphatic carbocycles. The number of hydrogen-bond donors (Lipinski definition) is 2. The van der Waals surface area contributed by atoms with Crippen molar-refractivity contribution < 1.29 is 13.9 Å². The molecular formula is C20H28IN5O3. The first-order valence-electron chi connectivity index (χ1n) is 9.34. The van der Waals surface area contributed by atoms with Gasteiger partial charge in [-0.15, -0.1) is 24.0 Å². The topological polar surface area (TPSA) is 82.3 Å². The number of nitrogens with zero attached hydrogens (tertiary/aromatic N) is 3. The number of carbonyl (C=O) groups excluding carboxylic acids is 1. The Balaban J connectivity index is 0.00000300. The molecule has 1 fully saturated rings. The minimum absolute atomic E-state index is 0. The van der Waals surface area contributed by atoms with Gasteiger partial charge >= 0.3 is 0 Å². The molecule has 1 aliphatic rings. The Bertz CT molecular complexity index is 789. The number of nitrogens with one attached hydrogen (secondary N) is 2. The lowest BCUT2D eigenvalue weighted by Gasteiger charge is -2.38. The number of para-hydroxylation sites is 2. The molecular weight excluding hydrogens is 485 g/mol. The van der Waals surface area contributed by atoms with Crippen LogP contribution in [0, 0.1) is 0 Å². The van der Waals surface area contributed by atoms with Crippen molar-refractivity contribution in [3.63, 3.8) is 0 Å². The van der Waals surface area contributed by atoms with Gasteiger partial charge in [0.2, 0.25) is 5.91 Å². The Morgan fingerprint density at radius 3 is 2.55 bits per heavy atom. The lowest BCUT2D eigenvalue weighted by molar-refractivity contribution is -0.120. The fraction of sp³-hybridized carbons (Fsp3) is 0.400. The molecule has 29 heavy (non-hydrogen) atoms. The summed E-state index contributed by atoms with van der Waals surface area (Å²) >= 11 is 0. The van der Waals surface area contributed by atoms with Crippen LogP contribution < -0.4 is 20.3 Å². The maximum atomic E-state index is 12.0. The van der Waals surface area contributed by atoms with Crippen LogP contribution in [0.25, 0.3) is 0 Å². The van der Waals surface area contributed by atoms with Crippen molar-refractivity contribution in [2.45, 2.75) is 6.54 Å². The van der Waals surface area contributed by atoms with E-state index in [1.54, 1.807) is 26.5 Å². The molecule has 158 valence electrons. The Hall–Kier alpha value is -2.43. The minimum Gasteiger partial charge on any atom is -0.495 e. The normalized spacial score (nSPS) is 14.2. The van der Waals surface area contributed by atoms with Crippen molar-refractivity contribution in [1.29, 1.82) is 0 Å². The van der Waals surface area contributed by atoms with E-state index in [9.17, 15) is 4.79 Å². The zero-order chi connectivity index (χ0) is 19.8. The molecule has 1 aromatic carbocycles.